The van der Waals surface area contributed by atoms with Gasteiger partial charge in [-0.25, -0.2) is 4.98 Å². The Morgan fingerprint density at radius 1 is 1.46 bits per heavy atom. The second-order valence-corrected chi connectivity index (χ2v) is 2.76. The lowest BCUT2D eigenvalue weighted by molar-refractivity contribution is -0.642. The highest BCUT2D eigenvalue weighted by Crippen LogP contribution is 2.15. The fourth-order valence-electron chi connectivity index (χ4n) is 1.01. The van der Waals surface area contributed by atoms with Crippen molar-refractivity contribution < 1.29 is 9.95 Å². The number of phenolic OH excluding ortho intramolecular Hbond substituents is 1. The van der Waals surface area contributed by atoms with Crippen molar-refractivity contribution in [2.24, 2.45) is 0 Å². The van der Waals surface area contributed by atoms with E-state index < -0.39 is 0 Å². The van der Waals surface area contributed by atoms with Crippen LogP contribution in [0.25, 0.3) is 11.0 Å². The summed E-state index contributed by atoms with van der Waals surface area (Å²) >= 11 is 5.46. The average Bonchev–Trinajstić information content (AvgIpc) is 2.06. The zero-order valence-electron chi connectivity index (χ0n) is 6.31. The Kier molecular flexibility index (Phi) is 1.66. The zero-order chi connectivity index (χ0) is 9.42. The monoisotopic (exact) mass is 197 g/mol. The van der Waals surface area contributed by atoms with Gasteiger partial charge in [0.25, 0.3) is 10.8 Å². The first-order chi connectivity index (χ1) is 6.16. The number of phenols is 1. The summed E-state index contributed by atoms with van der Waals surface area (Å²) in [6.45, 7) is 0. The zero-order valence-corrected chi connectivity index (χ0v) is 7.06. The number of hydrogen-bond donors (Lipinski definition) is 1. The molecular formula is C7H4ClN3O2. The third kappa shape index (κ3) is 1.33. The molecule has 66 valence electrons. The molecule has 6 heteroatoms. The molecule has 1 aromatic heterocycles. The molecule has 0 aliphatic carbocycles. The minimum Gasteiger partial charge on any atom is -0.594 e. The molecule has 0 amide bonds. The van der Waals surface area contributed by atoms with Gasteiger partial charge in [-0.05, 0) is 28.6 Å². The number of benzene rings is 1. The summed E-state index contributed by atoms with van der Waals surface area (Å²) in [6.07, 6.45) is 0. The smallest absolute Gasteiger partial charge is 0.290 e. The fourth-order valence-corrected chi connectivity index (χ4v) is 1.17. The first kappa shape index (κ1) is 8.00. The predicted octanol–water partition coefficient (Wildman–Crippen LogP) is 0.622. The molecule has 0 radical (unpaired) electrons. The highest BCUT2D eigenvalue weighted by Gasteiger charge is 2.09. The summed E-state index contributed by atoms with van der Waals surface area (Å²) in [5, 5.41) is 23.4. The van der Waals surface area contributed by atoms with E-state index in [0.717, 1.165) is 0 Å². The molecule has 0 bridgehead atoms. The standard InChI is InChI=1S/C7H4ClN3O2/c8-7-9-5-2-1-4(12)3-6(5)11(13)10-7/h1-3,12H. The number of rotatable bonds is 0. The van der Waals surface area contributed by atoms with Crippen LogP contribution in [-0.2, 0) is 0 Å². The van der Waals surface area contributed by atoms with E-state index in [1.807, 2.05) is 0 Å². The molecule has 2 rings (SSSR count). The third-order valence-corrected chi connectivity index (χ3v) is 1.71. The predicted molar refractivity (Wildman–Crippen MR) is 45.2 cm³/mol. The summed E-state index contributed by atoms with van der Waals surface area (Å²) in [5.41, 5.74) is 0.581. The highest BCUT2D eigenvalue weighted by atomic mass is 35.5. The summed E-state index contributed by atoms with van der Waals surface area (Å²) in [7, 11) is 0. The van der Waals surface area contributed by atoms with Gasteiger partial charge in [0.05, 0.1) is 6.07 Å². The first-order valence-electron chi connectivity index (χ1n) is 3.43. The summed E-state index contributed by atoms with van der Waals surface area (Å²) in [4.78, 5) is 4.12. The molecule has 0 aliphatic heterocycles. The molecule has 0 saturated heterocycles. The molecule has 1 heterocycles. The lowest BCUT2D eigenvalue weighted by Crippen LogP contribution is -2.32. The summed E-state index contributed by atoms with van der Waals surface area (Å²) < 4.78 is 0. The quantitative estimate of drug-likeness (QED) is 0.497. The molecule has 0 spiro atoms. The van der Waals surface area contributed by atoms with E-state index in [1.165, 1.54) is 18.2 Å². The van der Waals surface area contributed by atoms with Gasteiger partial charge in [-0.1, -0.05) is 0 Å². The average molecular weight is 198 g/mol. The van der Waals surface area contributed by atoms with Crippen LogP contribution in [0.1, 0.15) is 0 Å². The molecule has 0 unspecified atom stereocenters. The summed E-state index contributed by atoms with van der Waals surface area (Å²) in [6, 6.07) is 4.19. The van der Waals surface area contributed by atoms with Crippen LogP contribution in [0.3, 0.4) is 0 Å². The third-order valence-electron chi connectivity index (χ3n) is 1.55. The van der Waals surface area contributed by atoms with Crippen LogP contribution in [0, 0.1) is 5.21 Å². The number of hydrogen-bond acceptors (Lipinski definition) is 4. The maximum absolute atomic E-state index is 11.1. The van der Waals surface area contributed by atoms with Gasteiger partial charge in [0.15, 0.2) is 0 Å². The number of nitrogens with zero attached hydrogens (tertiary/aromatic N) is 3. The van der Waals surface area contributed by atoms with Crippen LogP contribution in [-0.4, -0.2) is 15.2 Å². The first-order valence-corrected chi connectivity index (χ1v) is 3.81. The SMILES string of the molecule is [O-][n+]1nc(Cl)nc2ccc(O)cc21. The molecule has 13 heavy (non-hydrogen) atoms. The van der Waals surface area contributed by atoms with E-state index in [0.29, 0.717) is 10.4 Å². The number of aromatic nitrogens is 3. The van der Waals surface area contributed by atoms with Gasteiger partial charge in [-0.3, -0.25) is 0 Å². The lowest BCUT2D eigenvalue weighted by atomic mass is 10.3. The van der Waals surface area contributed by atoms with Gasteiger partial charge in [-0.2, -0.15) is 0 Å². The molecule has 5 nitrogen and oxygen atoms in total. The highest BCUT2D eigenvalue weighted by molar-refractivity contribution is 6.28. The van der Waals surface area contributed by atoms with E-state index in [2.05, 4.69) is 10.1 Å². The lowest BCUT2D eigenvalue weighted by Gasteiger charge is -1.98. The van der Waals surface area contributed by atoms with Gasteiger partial charge >= 0.3 is 0 Å². The molecule has 2 aromatic rings. The number of fused-ring (bicyclic) bond motifs is 1. The topological polar surface area (TPSA) is 73.0 Å². The molecule has 0 fully saturated rings. The second-order valence-electron chi connectivity index (χ2n) is 2.43. The van der Waals surface area contributed by atoms with Crippen molar-refractivity contribution in [3.63, 3.8) is 0 Å². The van der Waals surface area contributed by atoms with E-state index in [-0.39, 0.29) is 16.5 Å². The van der Waals surface area contributed by atoms with Crippen LogP contribution in [0.2, 0.25) is 5.28 Å². The van der Waals surface area contributed by atoms with Crippen LogP contribution in [0.5, 0.6) is 5.75 Å². The van der Waals surface area contributed by atoms with Gasteiger partial charge in [0.1, 0.15) is 11.3 Å². The Balaban J connectivity index is 2.87. The van der Waals surface area contributed by atoms with Crippen molar-refractivity contribution in [3.05, 3.63) is 28.7 Å². The Labute approximate surface area is 77.8 Å². The number of aromatic hydroxyl groups is 1. The van der Waals surface area contributed by atoms with E-state index in [1.54, 1.807) is 0 Å². The minimum atomic E-state index is -0.117. The molecule has 0 saturated carbocycles. The molecule has 0 atom stereocenters. The van der Waals surface area contributed by atoms with Gasteiger partial charge in [0, 0.05) is 5.10 Å². The van der Waals surface area contributed by atoms with Crippen molar-refractivity contribution >= 4 is 22.6 Å². The van der Waals surface area contributed by atoms with Crippen molar-refractivity contribution in [1.82, 2.24) is 10.1 Å². The Morgan fingerprint density at radius 2 is 2.23 bits per heavy atom. The fraction of sp³-hybridized carbons (Fsp3) is 0. The van der Waals surface area contributed by atoms with Gasteiger partial charge < -0.3 is 10.3 Å². The minimum absolute atomic E-state index is 0.0111. The Bertz CT molecular complexity index is 474. The van der Waals surface area contributed by atoms with Crippen LogP contribution in [0.4, 0.5) is 0 Å². The van der Waals surface area contributed by atoms with Crippen molar-refractivity contribution in [1.29, 1.82) is 0 Å². The van der Waals surface area contributed by atoms with Crippen molar-refractivity contribution in [2.45, 2.75) is 0 Å². The van der Waals surface area contributed by atoms with Crippen molar-refractivity contribution in [2.75, 3.05) is 0 Å². The maximum atomic E-state index is 11.1. The van der Waals surface area contributed by atoms with Crippen LogP contribution < -0.4 is 4.85 Å². The Morgan fingerprint density at radius 3 is 3.00 bits per heavy atom. The van der Waals surface area contributed by atoms with E-state index >= 15 is 0 Å². The summed E-state index contributed by atoms with van der Waals surface area (Å²) in [5.74, 6) is -0.0111. The largest absolute Gasteiger partial charge is 0.594 e. The molecule has 1 aromatic carbocycles. The van der Waals surface area contributed by atoms with Crippen LogP contribution in [0.15, 0.2) is 18.2 Å². The van der Waals surface area contributed by atoms with E-state index in [4.69, 9.17) is 16.7 Å². The molecule has 0 aliphatic rings. The van der Waals surface area contributed by atoms with Gasteiger partial charge in [0.2, 0.25) is 0 Å². The maximum Gasteiger partial charge on any atom is 0.290 e. The van der Waals surface area contributed by atoms with Gasteiger partial charge in [-0.15, -0.1) is 0 Å². The normalized spacial score (nSPS) is 10.5. The molecule has 1 N–H and O–H groups in total. The van der Waals surface area contributed by atoms with E-state index in [9.17, 15) is 5.21 Å². The van der Waals surface area contributed by atoms with Crippen molar-refractivity contribution in [3.8, 4) is 5.75 Å². The Hall–Kier alpha value is -1.62. The number of halogens is 1. The molecular weight excluding hydrogens is 194 g/mol. The second kappa shape index (κ2) is 2.70. The van der Waals surface area contributed by atoms with Crippen LogP contribution >= 0.6 is 11.6 Å².